The number of aromatic nitrogens is 1. The van der Waals surface area contributed by atoms with Crippen LogP contribution in [0.25, 0.3) is 22.4 Å². The molecular weight excluding hydrogens is 370 g/mol. The van der Waals surface area contributed by atoms with Crippen LogP contribution in [-0.2, 0) is 4.79 Å². The van der Waals surface area contributed by atoms with Crippen LogP contribution in [0.3, 0.4) is 0 Å². The van der Waals surface area contributed by atoms with Crippen molar-refractivity contribution in [3.8, 4) is 22.4 Å². The first kappa shape index (κ1) is 20.3. The van der Waals surface area contributed by atoms with Crippen molar-refractivity contribution >= 4 is 11.8 Å². The van der Waals surface area contributed by atoms with Crippen LogP contribution in [0, 0.1) is 6.92 Å². The van der Waals surface area contributed by atoms with Crippen LogP contribution in [0.2, 0.25) is 0 Å². The maximum Gasteiger partial charge on any atom is 0.251 e. The fourth-order valence-electron chi connectivity index (χ4n) is 2.93. The minimum atomic E-state index is -0.334. The molecule has 3 aromatic rings. The molecule has 0 aliphatic rings. The van der Waals surface area contributed by atoms with Crippen molar-refractivity contribution in [1.82, 2.24) is 15.8 Å². The molecule has 0 aliphatic heterocycles. The van der Waals surface area contributed by atoms with E-state index in [4.69, 9.17) is 9.63 Å². The SMILES string of the molecule is Cc1onc(-c2ccccc2)c1-c1ccc(C(=O)NCC(=O)NCCCO)cc1. The lowest BCUT2D eigenvalue weighted by molar-refractivity contribution is -0.120. The van der Waals surface area contributed by atoms with Gasteiger partial charge in [-0.15, -0.1) is 0 Å². The van der Waals surface area contributed by atoms with Gasteiger partial charge in [-0.3, -0.25) is 9.59 Å². The maximum absolute atomic E-state index is 12.3. The quantitative estimate of drug-likeness (QED) is 0.510. The highest BCUT2D eigenvalue weighted by atomic mass is 16.5. The monoisotopic (exact) mass is 393 g/mol. The molecule has 0 saturated carbocycles. The third-order valence-electron chi connectivity index (χ3n) is 4.41. The van der Waals surface area contributed by atoms with Gasteiger partial charge in [-0.25, -0.2) is 0 Å². The van der Waals surface area contributed by atoms with Crippen LogP contribution < -0.4 is 10.6 Å². The van der Waals surface area contributed by atoms with Gasteiger partial charge in [0.15, 0.2) is 0 Å². The molecule has 3 rings (SSSR count). The summed E-state index contributed by atoms with van der Waals surface area (Å²) in [6, 6.07) is 16.8. The van der Waals surface area contributed by atoms with Crippen molar-refractivity contribution in [2.75, 3.05) is 19.7 Å². The molecule has 0 aliphatic carbocycles. The van der Waals surface area contributed by atoms with Crippen LogP contribution >= 0.6 is 0 Å². The van der Waals surface area contributed by atoms with Gasteiger partial charge in [0, 0.05) is 24.3 Å². The Morgan fingerprint density at radius 3 is 2.41 bits per heavy atom. The summed E-state index contributed by atoms with van der Waals surface area (Å²) in [4.78, 5) is 23.9. The number of amides is 2. The largest absolute Gasteiger partial charge is 0.396 e. The summed E-state index contributed by atoms with van der Waals surface area (Å²) in [5, 5.41) is 18.1. The van der Waals surface area contributed by atoms with Gasteiger partial charge in [0.2, 0.25) is 5.91 Å². The first-order valence-corrected chi connectivity index (χ1v) is 9.38. The summed E-state index contributed by atoms with van der Waals surface area (Å²) < 4.78 is 5.40. The van der Waals surface area contributed by atoms with Crippen LogP contribution in [0.1, 0.15) is 22.5 Å². The molecular formula is C22H23N3O4. The average Bonchev–Trinajstić information content (AvgIpc) is 3.14. The lowest BCUT2D eigenvalue weighted by atomic mass is 9.98. The molecule has 0 unspecified atom stereocenters. The number of hydrogen-bond acceptors (Lipinski definition) is 5. The van der Waals surface area contributed by atoms with Gasteiger partial charge in [-0.2, -0.15) is 0 Å². The Morgan fingerprint density at radius 1 is 1.00 bits per heavy atom. The van der Waals surface area contributed by atoms with Crippen molar-refractivity contribution in [1.29, 1.82) is 0 Å². The zero-order valence-electron chi connectivity index (χ0n) is 16.1. The Kier molecular flexibility index (Phi) is 6.76. The van der Waals surface area contributed by atoms with Crippen molar-refractivity contribution in [3.63, 3.8) is 0 Å². The minimum absolute atomic E-state index is 0.0105. The number of carbonyl (C=O) groups is 2. The molecule has 7 heteroatoms. The predicted octanol–water partition coefficient (Wildman–Crippen LogP) is 2.55. The topological polar surface area (TPSA) is 104 Å². The number of aliphatic hydroxyl groups excluding tert-OH is 1. The van der Waals surface area contributed by atoms with Crippen LogP contribution in [0.4, 0.5) is 0 Å². The van der Waals surface area contributed by atoms with E-state index in [1.165, 1.54) is 0 Å². The number of aryl methyl sites for hydroxylation is 1. The molecule has 2 aromatic carbocycles. The molecule has 0 radical (unpaired) electrons. The normalized spacial score (nSPS) is 10.6. The molecule has 150 valence electrons. The lowest BCUT2D eigenvalue weighted by Gasteiger charge is -2.08. The Hall–Kier alpha value is -3.45. The van der Waals surface area contributed by atoms with E-state index < -0.39 is 0 Å². The lowest BCUT2D eigenvalue weighted by Crippen LogP contribution is -2.37. The number of rotatable bonds is 8. The number of nitrogens with one attached hydrogen (secondary N) is 2. The van der Waals surface area contributed by atoms with E-state index in [-0.39, 0.29) is 25.0 Å². The zero-order valence-corrected chi connectivity index (χ0v) is 16.1. The van der Waals surface area contributed by atoms with Crippen molar-refractivity contribution in [3.05, 3.63) is 65.9 Å². The van der Waals surface area contributed by atoms with E-state index >= 15 is 0 Å². The Labute approximate surface area is 168 Å². The molecule has 29 heavy (non-hydrogen) atoms. The highest BCUT2D eigenvalue weighted by Crippen LogP contribution is 2.34. The van der Waals surface area contributed by atoms with Crippen molar-refractivity contribution < 1.29 is 19.2 Å². The minimum Gasteiger partial charge on any atom is -0.396 e. The number of carbonyl (C=O) groups excluding carboxylic acids is 2. The molecule has 3 N–H and O–H groups in total. The Morgan fingerprint density at radius 2 is 1.72 bits per heavy atom. The summed E-state index contributed by atoms with van der Waals surface area (Å²) in [6.07, 6.45) is 0.481. The first-order valence-electron chi connectivity index (χ1n) is 9.38. The molecule has 0 bridgehead atoms. The summed E-state index contributed by atoms with van der Waals surface area (Å²) in [5.74, 6) is 0.0656. The van der Waals surface area contributed by atoms with E-state index in [1.807, 2.05) is 49.4 Å². The van der Waals surface area contributed by atoms with E-state index in [0.717, 1.165) is 22.4 Å². The number of nitrogens with zero attached hydrogens (tertiary/aromatic N) is 1. The molecule has 0 saturated heterocycles. The molecule has 0 atom stereocenters. The Bertz CT molecular complexity index is 965. The van der Waals surface area contributed by atoms with Crippen LogP contribution in [0.15, 0.2) is 59.1 Å². The first-order chi connectivity index (χ1) is 14.1. The molecule has 1 heterocycles. The third-order valence-corrected chi connectivity index (χ3v) is 4.41. The van der Waals surface area contributed by atoms with Gasteiger partial charge in [0.25, 0.3) is 5.91 Å². The third kappa shape index (κ3) is 5.08. The van der Waals surface area contributed by atoms with Crippen molar-refractivity contribution in [2.24, 2.45) is 0 Å². The van der Waals surface area contributed by atoms with E-state index in [9.17, 15) is 9.59 Å². The summed E-state index contributed by atoms with van der Waals surface area (Å²) in [5.41, 5.74) is 3.92. The molecule has 0 spiro atoms. The van der Waals surface area contributed by atoms with Crippen LogP contribution in [0.5, 0.6) is 0 Å². The van der Waals surface area contributed by atoms with Gasteiger partial charge >= 0.3 is 0 Å². The smallest absolute Gasteiger partial charge is 0.251 e. The average molecular weight is 393 g/mol. The molecule has 1 aromatic heterocycles. The second kappa shape index (κ2) is 9.66. The predicted molar refractivity (Wildman–Crippen MR) is 109 cm³/mol. The fraction of sp³-hybridized carbons (Fsp3) is 0.227. The van der Waals surface area contributed by atoms with Gasteiger partial charge < -0.3 is 20.3 Å². The Balaban J connectivity index is 1.69. The number of benzene rings is 2. The maximum atomic E-state index is 12.3. The fourth-order valence-corrected chi connectivity index (χ4v) is 2.93. The number of aliphatic hydroxyl groups is 1. The van der Waals surface area contributed by atoms with Gasteiger partial charge in [-0.1, -0.05) is 47.6 Å². The summed E-state index contributed by atoms with van der Waals surface area (Å²) in [6.45, 7) is 2.12. The van der Waals surface area contributed by atoms with E-state index in [2.05, 4.69) is 15.8 Å². The summed E-state index contributed by atoms with van der Waals surface area (Å²) in [7, 11) is 0. The highest BCUT2D eigenvalue weighted by molar-refractivity contribution is 5.97. The van der Waals surface area contributed by atoms with Gasteiger partial charge in [-0.05, 0) is 31.0 Å². The second-order valence-corrected chi connectivity index (χ2v) is 6.52. The van der Waals surface area contributed by atoms with Crippen LogP contribution in [-0.4, -0.2) is 41.8 Å². The zero-order chi connectivity index (χ0) is 20.6. The summed E-state index contributed by atoms with van der Waals surface area (Å²) >= 11 is 0. The van der Waals surface area contributed by atoms with E-state index in [0.29, 0.717) is 24.3 Å². The highest BCUT2D eigenvalue weighted by Gasteiger charge is 2.17. The molecule has 0 fully saturated rings. The van der Waals surface area contributed by atoms with Crippen molar-refractivity contribution in [2.45, 2.75) is 13.3 Å². The van der Waals surface area contributed by atoms with E-state index in [1.54, 1.807) is 12.1 Å². The molecule has 2 amide bonds. The second-order valence-electron chi connectivity index (χ2n) is 6.52. The van der Waals surface area contributed by atoms with Gasteiger partial charge in [0.1, 0.15) is 11.5 Å². The molecule has 7 nitrogen and oxygen atoms in total. The number of hydrogen-bond donors (Lipinski definition) is 3. The standard InChI is InChI=1S/C22H23N3O4/c1-15-20(21(25-29-15)17-6-3-2-4-7-17)16-8-10-18(11-9-16)22(28)24-14-19(27)23-12-5-13-26/h2-4,6-11,26H,5,12-14H2,1H3,(H,23,27)(H,24,28). The van der Waals surface area contributed by atoms with Gasteiger partial charge in [0.05, 0.1) is 12.1 Å².